The lowest BCUT2D eigenvalue weighted by Gasteiger charge is -2.37. The number of hydrogen-bond donors (Lipinski definition) is 0. The number of aromatic nitrogens is 3. The maximum absolute atomic E-state index is 14.3. The van der Waals surface area contributed by atoms with E-state index in [-0.39, 0.29) is 12.0 Å². The molecule has 0 radical (unpaired) electrons. The van der Waals surface area contributed by atoms with Crippen LogP contribution in [-0.4, -0.2) is 59.2 Å². The second-order valence-electron chi connectivity index (χ2n) is 11.5. The highest BCUT2D eigenvalue weighted by molar-refractivity contribution is 6.10. The number of hydrogen-bond acceptors (Lipinski definition) is 6. The first-order valence-corrected chi connectivity index (χ1v) is 14.5. The van der Waals surface area contributed by atoms with Crippen LogP contribution in [-0.2, 0) is 16.8 Å². The van der Waals surface area contributed by atoms with Crippen LogP contribution < -0.4 is 14.4 Å². The SMILES string of the molecule is COc1ccc(CN2C(=O)C3(CCC3)c3cc(-c4cnnn4-c4ccccc4)cc(OC4CCN(C)CC4)c32)cc1. The molecule has 41 heavy (non-hydrogen) atoms. The van der Waals surface area contributed by atoms with Crippen molar-refractivity contribution in [3.63, 3.8) is 0 Å². The number of para-hydroxylation sites is 1. The predicted molar refractivity (Wildman–Crippen MR) is 158 cm³/mol. The van der Waals surface area contributed by atoms with E-state index in [2.05, 4.69) is 34.4 Å². The summed E-state index contributed by atoms with van der Waals surface area (Å²) in [6.45, 7) is 2.48. The monoisotopic (exact) mass is 549 g/mol. The molecule has 1 aromatic heterocycles. The van der Waals surface area contributed by atoms with Crippen molar-refractivity contribution in [3.05, 3.63) is 84.1 Å². The number of ether oxygens (including phenoxy) is 2. The molecular weight excluding hydrogens is 514 g/mol. The van der Waals surface area contributed by atoms with Gasteiger partial charge in [0, 0.05) is 18.7 Å². The second-order valence-corrected chi connectivity index (χ2v) is 11.5. The van der Waals surface area contributed by atoms with Gasteiger partial charge in [0.2, 0.25) is 5.91 Å². The summed E-state index contributed by atoms with van der Waals surface area (Å²) in [5.41, 5.74) is 5.33. The summed E-state index contributed by atoms with van der Waals surface area (Å²) in [6.07, 6.45) is 6.55. The van der Waals surface area contributed by atoms with Gasteiger partial charge >= 0.3 is 0 Å². The summed E-state index contributed by atoms with van der Waals surface area (Å²) in [6, 6.07) is 22.3. The first kappa shape index (κ1) is 25.8. The molecule has 1 amide bonds. The minimum absolute atomic E-state index is 0.0959. The molecule has 1 spiro atoms. The van der Waals surface area contributed by atoms with E-state index in [4.69, 9.17) is 9.47 Å². The Morgan fingerprint density at radius 1 is 1.00 bits per heavy atom. The van der Waals surface area contributed by atoms with Gasteiger partial charge in [0.15, 0.2) is 0 Å². The van der Waals surface area contributed by atoms with E-state index in [1.165, 1.54) is 0 Å². The van der Waals surface area contributed by atoms with Gasteiger partial charge in [-0.2, -0.15) is 0 Å². The smallest absolute Gasteiger partial charge is 0.238 e. The van der Waals surface area contributed by atoms with E-state index in [0.29, 0.717) is 6.54 Å². The van der Waals surface area contributed by atoms with Crippen LogP contribution >= 0.6 is 0 Å². The molecule has 1 aliphatic carbocycles. The van der Waals surface area contributed by atoms with E-state index in [0.717, 1.165) is 90.5 Å². The normalized spacial score (nSPS) is 18.4. The lowest BCUT2D eigenvalue weighted by Crippen LogP contribution is -2.44. The van der Waals surface area contributed by atoms with Crippen LogP contribution in [0.15, 0.2) is 72.9 Å². The Kier molecular flexibility index (Phi) is 6.50. The lowest BCUT2D eigenvalue weighted by molar-refractivity contribution is -0.126. The largest absolute Gasteiger partial charge is 0.497 e. The molecule has 2 aliphatic heterocycles. The van der Waals surface area contributed by atoms with E-state index in [9.17, 15) is 4.79 Å². The van der Waals surface area contributed by atoms with Gasteiger partial charge in [-0.15, -0.1) is 5.10 Å². The van der Waals surface area contributed by atoms with E-state index < -0.39 is 5.41 Å². The molecule has 3 aromatic carbocycles. The van der Waals surface area contributed by atoms with Gasteiger partial charge in [-0.05, 0) is 80.3 Å². The molecule has 0 bridgehead atoms. The van der Waals surface area contributed by atoms with Crippen molar-refractivity contribution in [1.29, 1.82) is 0 Å². The Hall–Kier alpha value is -4.17. The molecule has 3 heterocycles. The third-order valence-corrected chi connectivity index (χ3v) is 9.03. The van der Waals surface area contributed by atoms with Gasteiger partial charge < -0.3 is 19.3 Å². The highest BCUT2D eigenvalue weighted by Crippen LogP contribution is 2.57. The van der Waals surface area contributed by atoms with Gasteiger partial charge in [-0.25, -0.2) is 4.68 Å². The zero-order valence-corrected chi connectivity index (χ0v) is 23.6. The fourth-order valence-corrected chi connectivity index (χ4v) is 6.52. The Balaban J connectivity index is 1.35. The van der Waals surface area contributed by atoms with E-state index in [1.54, 1.807) is 13.3 Å². The highest BCUT2D eigenvalue weighted by Gasteiger charge is 2.55. The molecule has 8 nitrogen and oxygen atoms in total. The average molecular weight is 550 g/mol. The number of fused-ring (bicyclic) bond motifs is 2. The molecular formula is C33H35N5O3. The molecule has 8 heteroatoms. The van der Waals surface area contributed by atoms with Gasteiger partial charge in [0.05, 0.1) is 42.3 Å². The first-order valence-electron chi connectivity index (χ1n) is 14.5. The predicted octanol–water partition coefficient (Wildman–Crippen LogP) is 5.38. The lowest BCUT2D eigenvalue weighted by atomic mass is 9.65. The van der Waals surface area contributed by atoms with E-state index in [1.807, 2.05) is 64.2 Å². The van der Waals surface area contributed by atoms with Gasteiger partial charge in [0.25, 0.3) is 0 Å². The maximum Gasteiger partial charge on any atom is 0.238 e. The average Bonchev–Trinajstić information content (AvgIpc) is 3.56. The van der Waals surface area contributed by atoms with Gasteiger partial charge in [-0.1, -0.05) is 42.0 Å². The highest BCUT2D eigenvalue weighted by atomic mass is 16.5. The van der Waals surface area contributed by atoms with Crippen molar-refractivity contribution in [3.8, 4) is 28.4 Å². The molecule has 1 saturated heterocycles. The molecule has 4 aromatic rings. The second kappa shape index (κ2) is 10.3. The molecule has 7 rings (SSSR count). The van der Waals surface area contributed by atoms with Crippen LogP contribution in [0.2, 0.25) is 0 Å². The zero-order chi connectivity index (χ0) is 28.0. The quantitative estimate of drug-likeness (QED) is 0.308. The summed E-state index contributed by atoms with van der Waals surface area (Å²) in [4.78, 5) is 18.6. The van der Waals surface area contributed by atoms with Crippen molar-refractivity contribution in [2.45, 2.75) is 50.2 Å². The van der Waals surface area contributed by atoms with Crippen LogP contribution in [0.1, 0.15) is 43.2 Å². The minimum Gasteiger partial charge on any atom is -0.497 e. The van der Waals surface area contributed by atoms with E-state index >= 15 is 0 Å². The Morgan fingerprint density at radius 3 is 2.44 bits per heavy atom. The minimum atomic E-state index is -0.506. The number of nitrogens with zero attached hydrogens (tertiary/aromatic N) is 5. The summed E-state index contributed by atoms with van der Waals surface area (Å²) in [5.74, 6) is 1.75. The standard InChI is InChI=1S/C33H35N5O3/c1-36-17-13-27(14-18-36)41-30-20-24(29-21-34-35-38(29)25-7-4-3-5-8-25)19-28-31(30)37(32(39)33(28)15-6-16-33)22-23-9-11-26(40-2)12-10-23/h3-5,7-12,19-21,27H,6,13-18,22H2,1-2H3. The fourth-order valence-electron chi connectivity index (χ4n) is 6.52. The Bertz CT molecular complexity index is 1550. The number of carbonyl (C=O) groups is 1. The number of methoxy groups -OCH3 is 1. The number of anilines is 1. The number of amides is 1. The molecule has 2 fully saturated rings. The first-order chi connectivity index (χ1) is 20.1. The summed E-state index contributed by atoms with van der Waals surface area (Å²) in [5, 5.41) is 8.68. The number of benzene rings is 3. The van der Waals surface area contributed by atoms with Crippen molar-refractivity contribution in [2.75, 3.05) is 32.1 Å². The topological polar surface area (TPSA) is 72.7 Å². The molecule has 3 aliphatic rings. The fraction of sp³-hybridized carbons (Fsp3) is 0.364. The summed E-state index contributed by atoms with van der Waals surface area (Å²) >= 11 is 0. The third kappa shape index (κ3) is 4.47. The Morgan fingerprint density at radius 2 is 1.76 bits per heavy atom. The van der Waals surface area contributed by atoms with Crippen molar-refractivity contribution < 1.29 is 14.3 Å². The van der Waals surface area contributed by atoms with Crippen LogP contribution in [0.3, 0.4) is 0 Å². The van der Waals surface area contributed by atoms with Crippen molar-refractivity contribution >= 4 is 11.6 Å². The number of rotatable bonds is 7. The maximum atomic E-state index is 14.3. The Labute approximate surface area is 240 Å². The number of piperidine rings is 1. The summed E-state index contributed by atoms with van der Waals surface area (Å²) in [7, 11) is 3.82. The van der Waals surface area contributed by atoms with Crippen molar-refractivity contribution in [2.24, 2.45) is 0 Å². The number of likely N-dealkylation sites (tertiary alicyclic amines) is 1. The van der Waals surface area contributed by atoms with Crippen molar-refractivity contribution in [1.82, 2.24) is 19.9 Å². The molecule has 0 atom stereocenters. The van der Waals surface area contributed by atoms with Gasteiger partial charge in [0.1, 0.15) is 17.6 Å². The summed E-state index contributed by atoms with van der Waals surface area (Å²) < 4.78 is 14.1. The third-order valence-electron chi connectivity index (χ3n) is 9.03. The van der Waals surface area contributed by atoms with Crippen LogP contribution in [0.4, 0.5) is 5.69 Å². The van der Waals surface area contributed by atoms with Crippen LogP contribution in [0, 0.1) is 0 Å². The molecule has 1 saturated carbocycles. The molecule has 0 unspecified atom stereocenters. The zero-order valence-electron chi connectivity index (χ0n) is 23.6. The number of carbonyl (C=O) groups excluding carboxylic acids is 1. The van der Waals surface area contributed by atoms with Gasteiger partial charge in [-0.3, -0.25) is 4.79 Å². The molecule has 210 valence electrons. The van der Waals surface area contributed by atoms with Crippen LogP contribution in [0.25, 0.3) is 16.9 Å². The van der Waals surface area contributed by atoms with Crippen LogP contribution in [0.5, 0.6) is 11.5 Å². The molecule has 0 N–H and O–H groups in total.